The molecule has 1 N–H and O–H groups in total. The number of anilines is 2. The number of likely N-dealkylation sites (N-methyl/N-ethyl adjacent to an activating group) is 1. The van der Waals surface area contributed by atoms with Gasteiger partial charge in [0.25, 0.3) is 0 Å². The van der Waals surface area contributed by atoms with Crippen LogP contribution in [0, 0.1) is 5.92 Å². The summed E-state index contributed by atoms with van der Waals surface area (Å²) in [5.41, 5.74) is 1.73. The van der Waals surface area contributed by atoms with Gasteiger partial charge in [-0.15, -0.1) is 0 Å². The summed E-state index contributed by atoms with van der Waals surface area (Å²) < 4.78 is 0. The van der Waals surface area contributed by atoms with Gasteiger partial charge in [0, 0.05) is 56.1 Å². The summed E-state index contributed by atoms with van der Waals surface area (Å²) in [6.07, 6.45) is 0.294. The smallest absolute Gasteiger partial charge is 0.229 e. The van der Waals surface area contributed by atoms with Crippen LogP contribution in [0.15, 0.2) is 24.3 Å². The van der Waals surface area contributed by atoms with E-state index >= 15 is 0 Å². The Hall–Kier alpha value is -2.08. The van der Waals surface area contributed by atoms with Gasteiger partial charge in [0.05, 0.1) is 5.92 Å². The van der Waals surface area contributed by atoms with E-state index in [1.54, 1.807) is 4.90 Å². The lowest BCUT2D eigenvalue weighted by Gasteiger charge is -2.34. The number of piperazine rings is 1. The molecule has 0 aromatic heterocycles. The summed E-state index contributed by atoms with van der Waals surface area (Å²) in [5, 5.41) is 2.97. The van der Waals surface area contributed by atoms with Crippen molar-refractivity contribution in [3.63, 3.8) is 0 Å². The summed E-state index contributed by atoms with van der Waals surface area (Å²) in [4.78, 5) is 31.2. The number of amides is 2. The molecular formula is C20H30N4O2. The molecule has 3 rings (SSSR count). The van der Waals surface area contributed by atoms with Gasteiger partial charge in [-0.25, -0.2) is 0 Å². The molecule has 0 aliphatic carbocycles. The van der Waals surface area contributed by atoms with Gasteiger partial charge in [0.15, 0.2) is 0 Å². The predicted molar refractivity (Wildman–Crippen MR) is 104 cm³/mol. The van der Waals surface area contributed by atoms with Crippen LogP contribution in [0.1, 0.15) is 27.2 Å². The normalized spacial score (nSPS) is 22.0. The molecule has 6 nitrogen and oxygen atoms in total. The van der Waals surface area contributed by atoms with E-state index in [4.69, 9.17) is 0 Å². The molecule has 0 saturated carbocycles. The molecule has 2 amide bonds. The number of benzene rings is 1. The molecule has 26 heavy (non-hydrogen) atoms. The van der Waals surface area contributed by atoms with Crippen LogP contribution in [0.4, 0.5) is 11.4 Å². The van der Waals surface area contributed by atoms with E-state index in [-0.39, 0.29) is 23.3 Å². The maximum Gasteiger partial charge on any atom is 0.229 e. The molecule has 2 aliphatic heterocycles. The van der Waals surface area contributed by atoms with E-state index in [0.29, 0.717) is 13.0 Å². The highest BCUT2D eigenvalue weighted by atomic mass is 16.2. The van der Waals surface area contributed by atoms with Crippen LogP contribution in [0.2, 0.25) is 0 Å². The molecule has 0 spiro atoms. The zero-order chi connectivity index (χ0) is 18.9. The number of carbonyl (C=O) groups excluding carboxylic acids is 2. The van der Waals surface area contributed by atoms with Crippen LogP contribution in [0.25, 0.3) is 0 Å². The quantitative estimate of drug-likeness (QED) is 0.898. The number of nitrogens with one attached hydrogen (secondary N) is 1. The number of nitrogens with zero attached hydrogens (tertiary/aromatic N) is 3. The predicted octanol–water partition coefficient (Wildman–Crippen LogP) is 2.02. The molecule has 142 valence electrons. The summed E-state index contributed by atoms with van der Waals surface area (Å²) in [7, 11) is 2.14. The first-order valence-corrected chi connectivity index (χ1v) is 9.39. The lowest BCUT2D eigenvalue weighted by Crippen LogP contribution is -2.44. The summed E-state index contributed by atoms with van der Waals surface area (Å²) >= 11 is 0. The maximum absolute atomic E-state index is 12.5. The fourth-order valence-electron chi connectivity index (χ4n) is 3.60. The Morgan fingerprint density at radius 2 is 1.69 bits per heavy atom. The highest BCUT2D eigenvalue weighted by Crippen LogP contribution is 2.27. The second-order valence-corrected chi connectivity index (χ2v) is 8.40. The molecule has 2 fully saturated rings. The van der Waals surface area contributed by atoms with Gasteiger partial charge >= 0.3 is 0 Å². The van der Waals surface area contributed by atoms with Crippen molar-refractivity contribution in [3.05, 3.63) is 24.3 Å². The molecule has 1 atom stereocenters. The Bertz CT molecular complexity index is 657. The average molecular weight is 358 g/mol. The topological polar surface area (TPSA) is 55.9 Å². The summed E-state index contributed by atoms with van der Waals surface area (Å²) in [6.45, 7) is 10.7. The minimum absolute atomic E-state index is 0.0584. The van der Waals surface area contributed by atoms with Crippen LogP contribution >= 0.6 is 0 Å². The third kappa shape index (κ3) is 4.18. The summed E-state index contributed by atoms with van der Waals surface area (Å²) in [5.74, 6) is -0.292. The van der Waals surface area contributed by atoms with Crippen molar-refractivity contribution in [2.75, 3.05) is 50.0 Å². The first-order chi connectivity index (χ1) is 12.2. The largest absolute Gasteiger partial charge is 0.369 e. The highest BCUT2D eigenvalue weighted by molar-refractivity contribution is 5.97. The number of likely N-dealkylation sites (tertiary alicyclic amines) is 1. The molecule has 2 heterocycles. The van der Waals surface area contributed by atoms with Crippen LogP contribution in [0.5, 0.6) is 0 Å². The molecule has 6 heteroatoms. The Morgan fingerprint density at radius 3 is 2.23 bits per heavy atom. The molecule has 1 aromatic rings. The van der Waals surface area contributed by atoms with Crippen molar-refractivity contribution >= 4 is 23.2 Å². The summed E-state index contributed by atoms with van der Waals surface area (Å²) in [6, 6.07) is 8.01. The molecule has 1 unspecified atom stereocenters. The van der Waals surface area contributed by atoms with E-state index in [0.717, 1.165) is 31.9 Å². The third-order valence-corrected chi connectivity index (χ3v) is 5.31. The molecule has 2 saturated heterocycles. The van der Waals surface area contributed by atoms with Gasteiger partial charge in [-0.2, -0.15) is 0 Å². The number of hydrogen-bond donors (Lipinski definition) is 1. The van der Waals surface area contributed by atoms with Crippen molar-refractivity contribution in [1.29, 1.82) is 0 Å². The molecule has 0 radical (unpaired) electrons. The van der Waals surface area contributed by atoms with Gasteiger partial charge in [-0.3, -0.25) is 9.59 Å². The minimum atomic E-state index is -0.279. The second-order valence-electron chi connectivity index (χ2n) is 8.40. The molecular weight excluding hydrogens is 328 g/mol. The number of hydrogen-bond acceptors (Lipinski definition) is 4. The Labute approximate surface area is 156 Å². The Balaban J connectivity index is 1.57. The fourth-order valence-corrected chi connectivity index (χ4v) is 3.60. The van der Waals surface area contributed by atoms with E-state index in [9.17, 15) is 9.59 Å². The average Bonchev–Trinajstić information content (AvgIpc) is 2.99. The standard InChI is InChI=1S/C20H30N4O2/c1-20(2,3)24-14-15(13-18(24)25)19(26)21-16-5-7-17(8-6-16)23-11-9-22(4)10-12-23/h5-8,15H,9-14H2,1-4H3,(H,21,26). The van der Waals surface area contributed by atoms with E-state index < -0.39 is 0 Å². The third-order valence-electron chi connectivity index (χ3n) is 5.31. The Kier molecular flexibility index (Phi) is 5.23. The number of carbonyl (C=O) groups is 2. The van der Waals surface area contributed by atoms with Gasteiger partial charge in [0.2, 0.25) is 11.8 Å². The van der Waals surface area contributed by atoms with Gasteiger partial charge < -0.3 is 20.0 Å². The lowest BCUT2D eigenvalue weighted by atomic mass is 10.1. The first-order valence-electron chi connectivity index (χ1n) is 9.39. The van der Waals surface area contributed by atoms with Crippen LogP contribution in [-0.2, 0) is 9.59 Å². The van der Waals surface area contributed by atoms with Gasteiger partial charge in [0.1, 0.15) is 0 Å². The minimum Gasteiger partial charge on any atom is -0.369 e. The second kappa shape index (κ2) is 7.27. The van der Waals surface area contributed by atoms with Crippen molar-refractivity contribution in [1.82, 2.24) is 9.80 Å². The van der Waals surface area contributed by atoms with E-state index in [1.807, 2.05) is 32.9 Å². The van der Waals surface area contributed by atoms with Crippen molar-refractivity contribution < 1.29 is 9.59 Å². The fraction of sp³-hybridized carbons (Fsp3) is 0.600. The molecule has 2 aliphatic rings. The zero-order valence-corrected chi connectivity index (χ0v) is 16.3. The van der Waals surface area contributed by atoms with E-state index in [1.165, 1.54) is 5.69 Å². The monoisotopic (exact) mass is 358 g/mol. The van der Waals surface area contributed by atoms with Gasteiger partial charge in [-0.05, 0) is 52.1 Å². The zero-order valence-electron chi connectivity index (χ0n) is 16.3. The SMILES string of the molecule is CN1CCN(c2ccc(NC(=O)C3CC(=O)N(C(C)(C)C)C3)cc2)CC1. The molecule has 1 aromatic carbocycles. The molecule has 0 bridgehead atoms. The van der Waals surface area contributed by atoms with Crippen molar-refractivity contribution in [3.8, 4) is 0 Å². The maximum atomic E-state index is 12.5. The number of rotatable bonds is 3. The Morgan fingerprint density at radius 1 is 1.08 bits per heavy atom. The lowest BCUT2D eigenvalue weighted by molar-refractivity contribution is -0.131. The van der Waals surface area contributed by atoms with E-state index in [2.05, 4.69) is 34.3 Å². The van der Waals surface area contributed by atoms with Crippen LogP contribution in [-0.4, -0.2) is 66.9 Å². The highest BCUT2D eigenvalue weighted by Gasteiger charge is 2.39. The van der Waals surface area contributed by atoms with Crippen LogP contribution in [0.3, 0.4) is 0 Å². The van der Waals surface area contributed by atoms with Crippen molar-refractivity contribution in [2.45, 2.75) is 32.7 Å². The first kappa shape index (κ1) is 18.7. The van der Waals surface area contributed by atoms with Crippen molar-refractivity contribution in [2.24, 2.45) is 5.92 Å². The van der Waals surface area contributed by atoms with Crippen LogP contribution < -0.4 is 10.2 Å². The van der Waals surface area contributed by atoms with Gasteiger partial charge in [-0.1, -0.05) is 0 Å².